The van der Waals surface area contributed by atoms with Crippen molar-refractivity contribution in [3.63, 3.8) is 0 Å². The summed E-state index contributed by atoms with van der Waals surface area (Å²) >= 11 is 3.34. The molecule has 0 saturated carbocycles. The third-order valence-corrected chi connectivity index (χ3v) is 6.91. The van der Waals surface area contributed by atoms with Gasteiger partial charge in [0.15, 0.2) is 0 Å². The Hall–Kier alpha value is -3.51. The van der Waals surface area contributed by atoms with Gasteiger partial charge in [-0.2, -0.15) is 5.01 Å². The molecule has 33 heavy (non-hydrogen) atoms. The molecule has 5 rings (SSSR count). The molecular weight excluding hydrogens is 480 g/mol. The number of nitrogens with zero attached hydrogens (tertiary/aromatic N) is 1. The largest absolute Gasteiger partial charge is 0.272 e. The summed E-state index contributed by atoms with van der Waals surface area (Å²) in [5.74, 6) is -2.95. The fraction of sp³-hybridized carbons (Fsp3) is 0.148. The van der Waals surface area contributed by atoms with E-state index < -0.39 is 17.7 Å². The third kappa shape index (κ3) is 3.91. The van der Waals surface area contributed by atoms with Crippen LogP contribution < -0.4 is 5.43 Å². The number of imide groups is 1. The smallest absolute Gasteiger partial charge is 0.270 e. The second-order valence-electron chi connectivity index (χ2n) is 8.27. The second kappa shape index (κ2) is 8.79. The van der Waals surface area contributed by atoms with Gasteiger partial charge in [0, 0.05) is 21.9 Å². The van der Waals surface area contributed by atoms with Gasteiger partial charge in [-0.05, 0) is 35.4 Å². The normalized spacial score (nSPS) is 24.0. The Morgan fingerprint density at radius 3 is 1.61 bits per heavy atom. The van der Waals surface area contributed by atoms with E-state index in [9.17, 15) is 14.4 Å². The summed E-state index contributed by atoms with van der Waals surface area (Å²) in [6.45, 7) is 0. The number of carbonyl (C=O) groups is 3. The molecule has 1 saturated heterocycles. The maximum atomic E-state index is 13.6. The van der Waals surface area contributed by atoms with Gasteiger partial charge in [0.2, 0.25) is 0 Å². The Morgan fingerprint density at radius 1 is 0.697 bits per heavy atom. The van der Waals surface area contributed by atoms with Crippen molar-refractivity contribution in [3.05, 3.63) is 118 Å². The minimum absolute atomic E-state index is 0.248. The zero-order valence-electron chi connectivity index (χ0n) is 17.6. The van der Waals surface area contributed by atoms with Crippen LogP contribution in [-0.2, 0) is 9.59 Å². The highest BCUT2D eigenvalue weighted by Gasteiger charge is 2.55. The van der Waals surface area contributed by atoms with Gasteiger partial charge in [-0.1, -0.05) is 88.7 Å². The number of amides is 3. The summed E-state index contributed by atoms with van der Waals surface area (Å²) in [6, 6.07) is 26.2. The number of benzene rings is 3. The van der Waals surface area contributed by atoms with Crippen LogP contribution in [0.15, 0.2) is 102 Å². The SMILES string of the molecule is O=C(NN1C(=O)C2C(c3ccccc3)C=CC(c3ccccc3)C2C1=O)c1ccc(Br)cc1. The van der Waals surface area contributed by atoms with Crippen molar-refractivity contribution in [2.75, 3.05) is 0 Å². The molecule has 3 aromatic rings. The Balaban J connectivity index is 1.51. The van der Waals surface area contributed by atoms with Crippen LogP contribution in [0.3, 0.4) is 0 Å². The molecule has 3 aromatic carbocycles. The number of hydrazine groups is 1. The highest BCUT2D eigenvalue weighted by atomic mass is 79.9. The monoisotopic (exact) mass is 500 g/mol. The van der Waals surface area contributed by atoms with Crippen molar-refractivity contribution < 1.29 is 14.4 Å². The highest BCUT2D eigenvalue weighted by molar-refractivity contribution is 9.10. The van der Waals surface area contributed by atoms with E-state index in [4.69, 9.17) is 0 Å². The lowest BCUT2D eigenvalue weighted by Gasteiger charge is -2.32. The fourth-order valence-electron chi connectivity index (χ4n) is 4.81. The molecule has 4 unspecified atom stereocenters. The molecule has 1 fully saturated rings. The van der Waals surface area contributed by atoms with Crippen molar-refractivity contribution in [1.82, 2.24) is 10.4 Å². The molecule has 4 atom stereocenters. The Kier molecular flexibility index (Phi) is 5.68. The zero-order chi connectivity index (χ0) is 22.9. The highest BCUT2D eigenvalue weighted by Crippen LogP contribution is 2.48. The van der Waals surface area contributed by atoms with E-state index in [2.05, 4.69) is 21.4 Å². The molecule has 1 aliphatic heterocycles. The van der Waals surface area contributed by atoms with Gasteiger partial charge in [-0.15, -0.1) is 0 Å². The van der Waals surface area contributed by atoms with Crippen molar-refractivity contribution in [2.24, 2.45) is 11.8 Å². The van der Waals surface area contributed by atoms with Gasteiger partial charge in [0.05, 0.1) is 11.8 Å². The molecule has 164 valence electrons. The van der Waals surface area contributed by atoms with Crippen molar-refractivity contribution >= 4 is 33.7 Å². The summed E-state index contributed by atoms with van der Waals surface area (Å²) in [6.07, 6.45) is 4.05. The van der Waals surface area contributed by atoms with E-state index in [1.807, 2.05) is 72.8 Å². The van der Waals surface area contributed by atoms with Crippen LogP contribution >= 0.6 is 15.9 Å². The van der Waals surface area contributed by atoms with Crippen LogP contribution in [0.5, 0.6) is 0 Å². The average molecular weight is 501 g/mol. The number of rotatable bonds is 4. The first-order valence-electron chi connectivity index (χ1n) is 10.8. The van der Waals surface area contributed by atoms with Crippen LogP contribution in [0.1, 0.15) is 33.3 Å². The molecular formula is C27H21BrN2O3. The molecule has 2 aliphatic rings. The molecule has 0 aromatic heterocycles. The van der Waals surface area contributed by atoms with Gasteiger partial charge < -0.3 is 0 Å². The zero-order valence-corrected chi connectivity index (χ0v) is 19.2. The molecule has 0 bridgehead atoms. The Morgan fingerprint density at radius 2 is 1.15 bits per heavy atom. The molecule has 6 heteroatoms. The van der Waals surface area contributed by atoms with E-state index in [1.165, 1.54) is 0 Å². The molecule has 1 aliphatic carbocycles. The number of hydrogen-bond acceptors (Lipinski definition) is 3. The van der Waals surface area contributed by atoms with Gasteiger partial charge >= 0.3 is 0 Å². The predicted molar refractivity (Wildman–Crippen MR) is 128 cm³/mol. The molecule has 5 nitrogen and oxygen atoms in total. The van der Waals surface area contributed by atoms with Crippen molar-refractivity contribution in [2.45, 2.75) is 11.8 Å². The van der Waals surface area contributed by atoms with Gasteiger partial charge in [-0.25, -0.2) is 0 Å². The molecule has 0 radical (unpaired) electrons. The summed E-state index contributed by atoms with van der Waals surface area (Å²) in [5, 5.41) is 0.929. The Bertz CT molecular complexity index is 1160. The van der Waals surface area contributed by atoms with E-state index >= 15 is 0 Å². The molecule has 1 N–H and O–H groups in total. The topological polar surface area (TPSA) is 66.5 Å². The first kappa shape index (κ1) is 21.3. The van der Waals surface area contributed by atoms with Crippen molar-refractivity contribution in [1.29, 1.82) is 0 Å². The van der Waals surface area contributed by atoms with Crippen LogP contribution in [0, 0.1) is 11.8 Å². The lowest BCUT2D eigenvalue weighted by Crippen LogP contribution is -2.46. The third-order valence-electron chi connectivity index (χ3n) is 6.39. The van der Waals surface area contributed by atoms with Crippen molar-refractivity contribution in [3.8, 4) is 0 Å². The van der Waals surface area contributed by atoms with Crippen LogP contribution in [0.4, 0.5) is 0 Å². The second-order valence-corrected chi connectivity index (χ2v) is 9.18. The standard InChI is InChI=1S/C27H21BrN2O3/c28-20-13-11-19(12-14-20)25(31)29-30-26(32)23-21(17-7-3-1-4-8-17)15-16-22(24(23)27(30)33)18-9-5-2-6-10-18/h1-16,21-24H,(H,29,31). The quantitative estimate of drug-likeness (QED) is 0.412. The molecule has 0 spiro atoms. The number of hydrogen-bond donors (Lipinski definition) is 1. The summed E-state index contributed by atoms with van der Waals surface area (Å²) in [7, 11) is 0. The maximum Gasteiger partial charge on any atom is 0.270 e. The van der Waals surface area contributed by atoms with E-state index in [-0.39, 0.29) is 23.7 Å². The number of nitrogens with one attached hydrogen (secondary N) is 1. The first-order chi connectivity index (χ1) is 16.0. The summed E-state index contributed by atoms with van der Waals surface area (Å²) < 4.78 is 0.834. The lowest BCUT2D eigenvalue weighted by atomic mass is 9.68. The number of allylic oxidation sites excluding steroid dienone is 2. The molecule has 3 amide bonds. The summed E-state index contributed by atoms with van der Waals surface area (Å²) in [5.41, 5.74) is 4.87. The van der Waals surface area contributed by atoms with Gasteiger partial charge in [-0.3, -0.25) is 19.8 Å². The van der Waals surface area contributed by atoms with E-state index in [1.54, 1.807) is 24.3 Å². The maximum absolute atomic E-state index is 13.6. The van der Waals surface area contributed by atoms with Crippen LogP contribution in [0.25, 0.3) is 0 Å². The number of carbonyl (C=O) groups excluding carboxylic acids is 3. The Labute approximate surface area is 200 Å². The minimum atomic E-state index is -0.597. The average Bonchev–Trinajstić information content (AvgIpc) is 3.10. The first-order valence-corrected chi connectivity index (χ1v) is 11.6. The fourth-order valence-corrected chi connectivity index (χ4v) is 5.08. The van der Waals surface area contributed by atoms with E-state index in [0.717, 1.165) is 20.6 Å². The number of halogens is 1. The van der Waals surface area contributed by atoms with Gasteiger partial charge in [0.25, 0.3) is 17.7 Å². The van der Waals surface area contributed by atoms with Gasteiger partial charge in [0.1, 0.15) is 0 Å². The minimum Gasteiger partial charge on any atom is -0.272 e. The van der Waals surface area contributed by atoms with E-state index in [0.29, 0.717) is 5.56 Å². The number of fused-ring (bicyclic) bond motifs is 1. The summed E-state index contributed by atoms with van der Waals surface area (Å²) in [4.78, 5) is 40.0. The molecule has 1 heterocycles. The van der Waals surface area contributed by atoms with Crippen LogP contribution in [-0.4, -0.2) is 22.7 Å². The lowest BCUT2D eigenvalue weighted by molar-refractivity contribution is -0.142. The van der Waals surface area contributed by atoms with Crippen LogP contribution in [0.2, 0.25) is 0 Å². The predicted octanol–water partition coefficient (Wildman–Crippen LogP) is 4.83.